The molecule has 1 aromatic carbocycles. The van der Waals surface area contributed by atoms with Crippen molar-refractivity contribution >= 4 is 5.69 Å². The maximum Gasteiger partial charge on any atom is 0.416 e. The van der Waals surface area contributed by atoms with Gasteiger partial charge in [-0.1, -0.05) is 38.2 Å². The van der Waals surface area contributed by atoms with Crippen LogP contribution in [0.4, 0.5) is 18.9 Å². The predicted octanol–water partition coefficient (Wildman–Crippen LogP) is 4.80. The molecule has 0 N–H and O–H groups in total. The Morgan fingerprint density at radius 3 is 2.33 bits per heavy atom. The molecular formula is C19H27F3N2. The van der Waals surface area contributed by atoms with Gasteiger partial charge < -0.3 is 4.90 Å². The summed E-state index contributed by atoms with van der Waals surface area (Å²) in [5.41, 5.74) is 0.136. The predicted molar refractivity (Wildman–Crippen MR) is 91.3 cm³/mol. The van der Waals surface area contributed by atoms with Crippen LogP contribution < -0.4 is 4.90 Å². The second-order valence-corrected chi connectivity index (χ2v) is 7.17. The number of benzene rings is 1. The van der Waals surface area contributed by atoms with Gasteiger partial charge in [0.2, 0.25) is 0 Å². The summed E-state index contributed by atoms with van der Waals surface area (Å²) in [6.07, 6.45) is 3.93. The van der Waals surface area contributed by atoms with Crippen LogP contribution in [0.5, 0.6) is 0 Å². The fraction of sp³-hybridized carbons (Fsp3) is 0.684. The van der Waals surface area contributed by atoms with Crippen molar-refractivity contribution in [1.29, 1.82) is 0 Å². The Morgan fingerprint density at radius 1 is 0.958 bits per heavy atom. The highest BCUT2D eigenvalue weighted by Gasteiger charge is 2.31. The second kappa shape index (κ2) is 7.77. The number of halogens is 3. The van der Waals surface area contributed by atoms with Crippen molar-refractivity contribution in [2.75, 3.05) is 37.6 Å². The Hall–Kier alpha value is -1.23. The van der Waals surface area contributed by atoms with Crippen molar-refractivity contribution in [2.24, 2.45) is 5.92 Å². The molecular weight excluding hydrogens is 313 g/mol. The molecule has 5 heteroatoms. The molecule has 0 atom stereocenters. The van der Waals surface area contributed by atoms with Crippen molar-refractivity contribution < 1.29 is 13.2 Å². The Kier molecular flexibility index (Phi) is 5.69. The number of piperazine rings is 1. The van der Waals surface area contributed by atoms with E-state index in [1.54, 1.807) is 6.07 Å². The molecule has 134 valence electrons. The van der Waals surface area contributed by atoms with Gasteiger partial charge in [0.1, 0.15) is 0 Å². The molecule has 1 aliphatic carbocycles. The van der Waals surface area contributed by atoms with Gasteiger partial charge in [-0.05, 0) is 37.1 Å². The van der Waals surface area contributed by atoms with Gasteiger partial charge in [0.25, 0.3) is 0 Å². The van der Waals surface area contributed by atoms with Crippen molar-refractivity contribution in [1.82, 2.24) is 4.90 Å². The molecule has 3 rings (SSSR count). The van der Waals surface area contributed by atoms with Gasteiger partial charge in [-0.25, -0.2) is 0 Å². The van der Waals surface area contributed by atoms with Crippen LogP contribution >= 0.6 is 0 Å². The molecule has 2 fully saturated rings. The fourth-order valence-corrected chi connectivity index (χ4v) is 3.95. The lowest BCUT2D eigenvalue weighted by Crippen LogP contribution is -2.47. The highest BCUT2D eigenvalue weighted by atomic mass is 19.4. The van der Waals surface area contributed by atoms with E-state index in [1.807, 2.05) is 0 Å². The topological polar surface area (TPSA) is 6.48 Å². The number of anilines is 1. The summed E-state index contributed by atoms with van der Waals surface area (Å²) in [6, 6.07) is 5.71. The molecule has 1 saturated carbocycles. The van der Waals surface area contributed by atoms with Gasteiger partial charge in [0.05, 0.1) is 5.56 Å². The lowest BCUT2D eigenvalue weighted by molar-refractivity contribution is -0.137. The first kappa shape index (κ1) is 17.6. The minimum Gasteiger partial charge on any atom is -0.369 e. The number of rotatable bonds is 4. The third-order valence-corrected chi connectivity index (χ3v) is 5.49. The lowest BCUT2D eigenvalue weighted by Gasteiger charge is -2.37. The van der Waals surface area contributed by atoms with Crippen molar-refractivity contribution in [3.05, 3.63) is 29.8 Å². The number of alkyl halides is 3. The average molecular weight is 340 g/mol. The molecule has 1 saturated heterocycles. The molecule has 0 bridgehead atoms. The molecule has 0 spiro atoms. The first-order valence-electron chi connectivity index (χ1n) is 9.17. The highest BCUT2D eigenvalue weighted by Crippen LogP contribution is 2.32. The van der Waals surface area contributed by atoms with Gasteiger partial charge in [-0.3, -0.25) is 4.90 Å². The third-order valence-electron chi connectivity index (χ3n) is 5.49. The fourth-order valence-electron chi connectivity index (χ4n) is 3.95. The molecule has 0 amide bonds. The molecule has 0 aromatic heterocycles. The van der Waals surface area contributed by atoms with Crippen LogP contribution in [0.2, 0.25) is 0 Å². The van der Waals surface area contributed by atoms with Crippen LogP contribution in [0.1, 0.15) is 44.1 Å². The molecule has 1 heterocycles. The Labute approximate surface area is 142 Å². The van der Waals surface area contributed by atoms with Crippen LogP contribution in [-0.4, -0.2) is 37.6 Å². The Balaban J connectivity index is 1.48. The van der Waals surface area contributed by atoms with Crippen molar-refractivity contribution in [2.45, 2.75) is 44.7 Å². The van der Waals surface area contributed by atoms with Crippen LogP contribution in [0.25, 0.3) is 0 Å². The summed E-state index contributed by atoms with van der Waals surface area (Å²) >= 11 is 0. The van der Waals surface area contributed by atoms with Gasteiger partial charge in [0, 0.05) is 31.9 Å². The van der Waals surface area contributed by atoms with Crippen LogP contribution in [0.15, 0.2) is 24.3 Å². The molecule has 1 aromatic rings. The minimum absolute atomic E-state index is 0.556. The Morgan fingerprint density at radius 2 is 1.67 bits per heavy atom. The first-order chi connectivity index (χ1) is 11.5. The zero-order chi connectivity index (χ0) is 17.0. The lowest BCUT2D eigenvalue weighted by atomic mass is 9.87. The molecule has 2 aliphatic rings. The summed E-state index contributed by atoms with van der Waals surface area (Å²) in [6.45, 7) is 4.66. The maximum absolute atomic E-state index is 12.8. The monoisotopic (exact) mass is 340 g/mol. The molecule has 0 unspecified atom stereocenters. The zero-order valence-corrected chi connectivity index (χ0v) is 14.2. The molecule has 0 radical (unpaired) electrons. The van der Waals surface area contributed by atoms with Gasteiger partial charge >= 0.3 is 6.18 Å². The van der Waals surface area contributed by atoms with E-state index in [-0.39, 0.29) is 0 Å². The number of hydrogen-bond donors (Lipinski definition) is 0. The van der Waals surface area contributed by atoms with Crippen LogP contribution in [0, 0.1) is 5.92 Å². The normalized spacial score (nSPS) is 21.2. The van der Waals surface area contributed by atoms with Crippen LogP contribution in [0.3, 0.4) is 0 Å². The van der Waals surface area contributed by atoms with Gasteiger partial charge in [-0.15, -0.1) is 0 Å². The van der Waals surface area contributed by atoms with Gasteiger partial charge in [-0.2, -0.15) is 13.2 Å². The standard InChI is InChI=1S/C19H27F3N2/c20-19(21,22)17-7-4-8-18(15-17)24-13-11-23(12-14-24)10-9-16-5-2-1-3-6-16/h4,7-8,15-16H,1-3,5-6,9-14H2. The second-order valence-electron chi connectivity index (χ2n) is 7.17. The van der Waals surface area contributed by atoms with Crippen molar-refractivity contribution in [3.63, 3.8) is 0 Å². The van der Waals surface area contributed by atoms with E-state index < -0.39 is 11.7 Å². The quantitative estimate of drug-likeness (QED) is 0.777. The maximum atomic E-state index is 12.8. The molecule has 2 nitrogen and oxygen atoms in total. The largest absolute Gasteiger partial charge is 0.416 e. The van der Waals surface area contributed by atoms with E-state index in [4.69, 9.17) is 0 Å². The van der Waals surface area contributed by atoms with Gasteiger partial charge in [0.15, 0.2) is 0 Å². The number of nitrogens with zero attached hydrogens (tertiary/aromatic N) is 2. The first-order valence-corrected chi connectivity index (χ1v) is 9.17. The van der Waals surface area contributed by atoms with Crippen molar-refractivity contribution in [3.8, 4) is 0 Å². The Bertz CT molecular complexity index is 516. The summed E-state index contributed by atoms with van der Waals surface area (Å²) in [7, 11) is 0. The smallest absolute Gasteiger partial charge is 0.369 e. The van der Waals surface area contributed by atoms with E-state index in [0.29, 0.717) is 5.69 Å². The summed E-state index contributed by atoms with van der Waals surface area (Å²) in [5, 5.41) is 0. The minimum atomic E-state index is -4.27. The third kappa shape index (κ3) is 4.65. The zero-order valence-electron chi connectivity index (χ0n) is 14.2. The number of hydrogen-bond acceptors (Lipinski definition) is 2. The molecule has 24 heavy (non-hydrogen) atoms. The average Bonchev–Trinajstić information content (AvgIpc) is 2.61. The van der Waals surface area contributed by atoms with Crippen LogP contribution in [-0.2, 0) is 6.18 Å². The highest BCUT2D eigenvalue weighted by molar-refractivity contribution is 5.49. The van der Waals surface area contributed by atoms with E-state index in [9.17, 15) is 13.2 Å². The summed E-state index contributed by atoms with van der Waals surface area (Å²) in [5.74, 6) is 0.889. The van der Waals surface area contributed by atoms with E-state index >= 15 is 0 Å². The van der Waals surface area contributed by atoms with E-state index in [0.717, 1.165) is 44.7 Å². The summed E-state index contributed by atoms with van der Waals surface area (Å²) < 4.78 is 38.5. The SMILES string of the molecule is FC(F)(F)c1cccc(N2CCN(CCC3CCCCC3)CC2)c1. The van der Waals surface area contributed by atoms with E-state index in [1.165, 1.54) is 50.7 Å². The molecule has 1 aliphatic heterocycles. The summed E-state index contributed by atoms with van der Waals surface area (Å²) in [4.78, 5) is 4.55. The van der Waals surface area contributed by atoms with E-state index in [2.05, 4.69) is 9.80 Å².